The summed E-state index contributed by atoms with van der Waals surface area (Å²) in [5, 5.41) is 0. The zero-order valence-electron chi connectivity index (χ0n) is 1.63. The number of rotatable bonds is 0. The molecule has 1 radical (unpaired) electrons. The van der Waals surface area contributed by atoms with Crippen molar-refractivity contribution in [2.24, 2.45) is 0 Å². The van der Waals surface area contributed by atoms with Crippen molar-refractivity contribution >= 4 is 0 Å². The zero-order chi connectivity index (χ0) is 0. The third-order valence-corrected chi connectivity index (χ3v) is 0. The van der Waals surface area contributed by atoms with E-state index in [2.05, 4.69) is 0 Å². The predicted octanol–water partition coefficient (Wildman–Crippen LogP) is -8.99. The Morgan fingerprint density at radius 3 is 0.500 bits per heavy atom. The van der Waals surface area contributed by atoms with E-state index in [0.717, 1.165) is 0 Å². The van der Waals surface area contributed by atoms with Gasteiger partial charge in [-0.3, -0.25) is 0 Å². The minimum Gasteiger partial charge on any atom is -1.00 e. The molecule has 0 saturated carbocycles. The van der Waals surface area contributed by atoms with Crippen LogP contribution in [0.2, 0.25) is 0 Å². The fraction of sp³-hybridized carbons (Fsp3) is 0. The van der Waals surface area contributed by atoms with E-state index in [4.69, 9.17) is 0 Å². The fourth-order valence-electron chi connectivity index (χ4n) is 0. The van der Waals surface area contributed by atoms with Crippen LogP contribution in [0.25, 0.3) is 0 Å². The van der Waals surface area contributed by atoms with Crippen molar-refractivity contribution in [3.05, 3.63) is 0 Å². The van der Waals surface area contributed by atoms with Crippen LogP contribution in [0.1, 0.15) is 0 Å². The standard InChI is InChI=1S/3ClH.Nd/h3*1H;/q;;;+3/p-3. The van der Waals surface area contributed by atoms with Gasteiger partial charge in [-0.15, -0.1) is 0 Å². The topological polar surface area (TPSA) is 0 Å². The van der Waals surface area contributed by atoms with Crippen LogP contribution in [0.5, 0.6) is 0 Å². The van der Waals surface area contributed by atoms with Crippen molar-refractivity contribution in [1.82, 2.24) is 0 Å². The van der Waals surface area contributed by atoms with Crippen LogP contribution in [0.15, 0.2) is 0 Å². The molecule has 4 heavy (non-hydrogen) atoms. The summed E-state index contributed by atoms with van der Waals surface area (Å²) in [6.07, 6.45) is 0. The van der Waals surface area contributed by atoms with Gasteiger partial charge in [0.05, 0.1) is 0 Å². The summed E-state index contributed by atoms with van der Waals surface area (Å²) in [6, 6.07) is 0. The first kappa shape index (κ1) is 34.4. The number of hydrogen-bond donors (Lipinski definition) is 0. The molecule has 0 aromatic rings. The smallest absolute Gasteiger partial charge is 1.00 e. The molecule has 0 bridgehead atoms. The van der Waals surface area contributed by atoms with Crippen molar-refractivity contribution < 1.29 is 78.1 Å². The van der Waals surface area contributed by atoms with Crippen molar-refractivity contribution in [2.45, 2.75) is 0 Å². The number of halogens is 3. The van der Waals surface area contributed by atoms with E-state index < -0.39 is 0 Å². The van der Waals surface area contributed by atoms with E-state index in [1.807, 2.05) is 0 Å². The second kappa shape index (κ2) is 18.9. The van der Waals surface area contributed by atoms with Crippen LogP contribution in [0.3, 0.4) is 0 Å². The van der Waals surface area contributed by atoms with Crippen LogP contribution in [-0.4, -0.2) is 0 Å². The van der Waals surface area contributed by atoms with Crippen LogP contribution >= 0.6 is 0 Å². The molecule has 0 N–H and O–H groups in total. The summed E-state index contributed by atoms with van der Waals surface area (Å²) in [5.74, 6) is 0. The van der Waals surface area contributed by atoms with Crippen LogP contribution < -0.4 is 37.2 Å². The van der Waals surface area contributed by atoms with Crippen LogP contribution in [0.4, 0.5) is 0 Å². The molecule has 0 aliphatic heterocycles. The Kier molecular flexibility index (Phi) is 162. The summed E-state index contributed by atoms with van der Waals surface area (Å²) >= 11 is 0. The molecular weight excluding hydrogens is 251 g/mol. The van der Waals surface area contributed by atoms with Crippen LogP contribution in [0, 0.1) is 40.8 Å². The average molecular weight is 251 g/mol. The second-order valence-electron chi connectivity index (χ2n) is 0. The third kappa shape index (κ3) is 8.88. The Balaban J connectivity index is 0. The largest absolute Gasteiger partial charge is 3.00 e. The van der Waals surface area contributed by atoms with E-state index in [1.54, 1.807) is 0 Å². The van der Waals surface area contributed by atoms with Gasteiger partial charge in [0.1, 0.15) is 0 Å². The molecule has 0 aliphatic rings. The molecule has 0 nitrogen and oxygen atoms in total. The minimum absolute atomic E-state index is 0. The summed E-state index contributed by atoms with van der Waals surface area (Å²) in [5.41, 5.74) is 0. The zero-order valence-corrected chi connectivity index (χ0v) is 7.11. The first-order valence-electron chi connectivity index (χ1n) is 0. The summed E-state index contributed by atoms with van der Waals surface area (Å²) in [6.45, 7) is 0. The summed E-state index contributed by atoms with van der Waals surface area (Å²) in [7, 11) is 0. The molecular formula is Cl3Nd. The van der Waals surface area contributed by atoms with Gasteiger partial charge in [0.15, 0.2) is 0 Å². The third-order valence-electron chi connectivity index (χ3n) is 0. The van der Waals surface area contributed by atoms with Gasteiger partial charge in [0.2, 0.25) is 0 Å². The Hall–Kier alpha value is 2.22. The van der Waals surface area contributed by atoms with Crippen molar-refractivity contribution in [2.75, 3.05) is 0 Å². The average Bonchev–Trinajstić information content (AvgIpc) is 0. The molecule has 0 spiro atoms. The van der Waals surface area contributed by atoms with Gasteiger partial charge in [-0.25, -0.2) is 0 Å². The van der Waals surface area contributed by atoms with Gasteiger partial charge < -0.3 is 37.2 Å². The van der Waals surface area contributed by atoms with E-state index in [-0.39, 0.29) is 78.1 Å². The quantitative estimate of drug-likeness (QED) is 0.401. The van der Waals surface area contributed by atoms with E-state index in [0.29, 0.717) is 0 Å². The Morgan fingerprint density at radius 2 is 0.500 bits per heavy atom. The van der Waals surface area contributed by atoms with E-state index in [1.165, 1.54) is 0 Å². The summed E-state index contributed by atoms with van der Waals surface area (Å²) in [4.78, 5) is 0. The van der Waals surface area contributed by atoms with Gasteiger partial charge in [0.25, 0.3) is 0 Å². The van der Waals surface area contributed by atoms with Crippen molar-refractivity contribution in [3.8, 4) is 0 Å². The maximum absolute atomic E-state index is 0. The predicted molar refractivity (Wildman–Crippen MR) is 0 cm³/mol. The molecule has 0 saturated heterocycles. The molecule has 0 rings (SSSR count). The normalized spacial score (nSPS) is 0. The fourth-order valence-corrected chi connectivity index (χ4v) is 0. The van der Waals surface area contributed by atoms with Gasteiger partial charge in [-0.2, -0.15) is 0 Å². The monoisotopic (exact) mass is 247 g/mol. The second-order valence-corrected chi connectivity index (χ2v) is 0. The molecule has 0 unspecified atom stereocenters. The summed E-state index contributed by atoms with van der Waals surface area (Å²) < 4.78 is 0. The first-order valence-corrected chi connectivity index (χ1v) is 0. The molecule has 25 valence electrons. The Bertz CT molecular complexity index is 3.25. The SMILES string of the molecule is [Cl-].[Cl-].[Cl-].[Nd+3]. The maximum atomic E-state index is 0. The van der Waals surface area contributed by atoms with Crippen molar-refractivity contribution in [3.63, 3.8) is 0 Å². The molecule has 0 aromatic heterocycles. The van der Waals surface area contributed by atoms with Gasteiger partial charge in [-0.1, -0.05) is 0 Å². The molecule has 4 heteroatoms. The van der Waals surface area contributed by atoms with Gasteiger partial charge in [-0.05, 0) is 0 Å². The molecule has 0 atom stereocenters. The first-order chi connectivity index (χ1) is 0. The number of hydrogen-bond acceptors (Lipinski definition) is 0. The molecule has 0 aliphatic carbocycles. The molecule has 0 heterocycles. The van der Waals surface area contributed by atoms with Gasteiger partial charge >= 0.3 is 40.8 Å². The molecule has 0 amide bonds. The van der Waals surface area contributed by atoms with E-state index in [9.17, 15) is 0 Å². The van der Waals surface area contributed by atoms with Crippen LogP contribution in [-0.2, 0) is 0 Å². The Labute approximate surface area is 76.9 Å². The maximum Gasteiger partial charge on any atom is 3.00 e. The Morgan fingerprint density at radius 1 is 0.500 bits per heavy atom. The van der Waals surface area contributed by atoms with Crippen molar-refractivity contribution in [1.29, 1.82) is 0 Å². The molecule has 0 fully saturated rings. The minimum atomic E-state index is 0. The van der Waals surface area contributed by atoms with Gasteiger partial charge in [0, 0.05) is 0 Å². The molecule has 0 aromatic carbocycles. The van der Waals surface area contributed by atoms with E-state index >= 15 is 0 Å².